The molecule has 23 heavy (non-hydrogen) atoms. The van der Waals surface area contributed by atoms with Crippen LogP contribution in [-0.2, 0) is 6.54 Å². The number of nitrogens with zero attached hydrogens (tertiary/aromatic N) is 3. The maximum Gasteiger partial charge on any atom is 0.255 e. The van der Waals surface area contributed by atoms with Crippen molar-refractivity contribution in [1.29, 1.82) is 0 Å². The summed E-state index contributed by atoms with van der Waals surface area (Å²) in [5.41, 5.74) is 2.75. The lowest BCUT2D eigenvalue weighted by molar-refractivity contribution is 0.102. The molecule has 116 valence electrons. The number of aromatic nitrogens is 3. The van der Waals surface area contributed by atoms with Crippen LogP contribution in [0.15, 0.2) is 55.1 Å². The fourth-order valence-electron chi connectivity index (χ4n) is 2.27. The molecule has 0 radical (unpaired) electrons. The lowest BCUT2D eigenvalue weighted by Gasteiger charge is -2.09. The van der Waals surface area contributed by atoms with Crippen molar-refractivity contribution in [3.8, 4) is 0 Å². The highest BCUT2D eigenvalue weighted by molar-refractivity contribution is 6.04. The molecule has 0 saturated carbocycles. The van der Waals surface area contributed by atoms with Gasteiger partial charge < -0.3 is 5.32 Å². The van der Waals surface area contributed by atoms with Gasteiger partial charge in [0.15, 0.2) is 0 Å². The van der Waals surface area contributed by atoms with Gasteiger partial charge in [0.1, 0.15) is 18.5 Å². The Morgan fingerprint density at radius 3 is 2.87 bits per heavy atom. The molecule has 1 aromatic heterocycles. The molecule has 0 saturated heterocycles. The van der Waals surface area contributed by atoms with Crippen molar-refractivity contribution >= 4 is 11.6 Å². The number of carbonyl (C=O) groups excluding carboxylic acids is 1. The molecule has 0 fully saturated rings. The van der Waals surface area contributed by atoms with Crippen LogP contribution in [0.5, 0.6) is 0 Å². The Hall–Kier alpha value is -3.02. The summed E-state index contributed by atoms with van der Waals surface area (Å²) in [7, 11) is 0. The van der Waals surface area contributed by atoms with E-state index < -0.39 is 0 Å². The molecule has 0 aliphatic rings. The molecule has 0 aliphatic heterocycles. The number of nitrogens with one attached hydrogen (secondary N) is 1. The minimum atomic E-state index is -0.324. The zero-order valence-corrected chi connectivity index (χ0v) is 12.5. The molecular formula is C17H15FN4O. The van der Waals surface area contributed by atoms with E-state index in [4.69, 9.17) is 0 Å². The number of carbonyl (C=O) groups is 1. The number of hydrogen-bond donors (Lipinski definition) is 1. The summed E-state index contributed by atoms with van der Waals surface area (Å²) in [5, 5.41) is 6.84. The molecule has 3 aromatic rings. The van der Waals surface area contributed by atoms with E-state index in [1.165, 1.54) is 18.5 Å². The molecule has 1 heterocycles. The number of benzene rings is 2. The summed E-state index contributed by atoms with van der Waals surface area (Å²) in [6.07, 6.45) is 3.09. The Morgan fingerprint density at radius 1 is 1.26 bits per heavy atom. The van der Waals surface area contributed by atoms with Gasteiger partial charge in [0.05, 0.1) is 6.54 Å². The molecule has 5 nitrogen and oxygen atoms in total. The second kappa shape index (κ2) is 6.39. The standard InChI is InChI=1S/C17H15FN4O/c1-12-7-15(18)5-6-16(12)21-17(23)14-4-2-3-13(8-14)9-22-11-19-10-20-22/h2-8,10-11H,9H2,1H3,(H,21,23). The van der Waals surface area contributed by atoms with Crippen molar-refractivity contribution in [3.63, 3.8) is 0 Å². The number of anilines is 1. The normalized spacial score (nSPS) is 10.5. The quantitative estimate of drug-likeness (QED) is 0.806. The molecule has 2 aromatic carbocycles. The number of halogens is 1. The van der Waals surface area contributed by atoms with Crippen molar-refractivity contribution in [1.82, 2.24) is 14.8 Å². The number of aryl methyl sites for hydroxylation is 1. The Balaban J connectivity index is 1.77. The molecule has 1 N–H and O–H groups in total. The van der Waals surface area contributed by atoms with E-state index in [2.05, 4.69) is 15.4 Å². The topological polar surface area (TPSA) is 59.8 Å². The van der Waals surface area contributed by atoms with Crippen LogP contribution in [0.25, 0.3) is 0 Å². The van der Waals surface area contributed by atoms with Gasteiger partial charge in [0, 0.05) is 11.3 Å². The van der Waals surface area contributed by atoms with Gasteiger partial charge in [-0.3, -0.25) is 4.79 Å². The Kier molecular flexibility index (Phi) is 4.14. The van der Waals surface area contributed by atoms with Gasteiger partial charge in [0.25, 0.3) is 5.91 Å². The van der Waals surface area contributed by atoms with E-state index in [0.717, 1.165) is 5.56 Å². The maximum atomic E-state index is 13.1. The lowest BCUT2D eigenvalue weighted by atomic mass is 10.1. The third kappa shape index (κ3) is 3.60. The minimum absolute atomic E-state index is 0.236. The SMILES string of the molecule is Cc1cc(F)ccc1NC(=O)c1cccc(Cn2cncn2)c1. The smallest absolute Gasteiger partial charge is 0.255 e. The van der Waals surface area contributed by atoms with Crippen LogP contribution in [-0.4, -0.2) is 20.7 Å². The highest BCUT2D eigenvalue weighted by Crippen LogP contribution is 2.17. The fourth-order valence-corrected chi connectivity index (χ4v) is 2.27. The first kappa shape index (κ1) is 14.9. The molecule has 6 heteroatoms. The van der Waals surface area contributed by atoms with Gasteiger partial charge >= 0.3 is 0 Å². The predicted octanol–water partition coefficient (Wildman–Crippen LogP) is 3.03. The minimum Gasteiger partial charge on any atom is -0.322 e. The average molecular weight is 310 g/mol. The van der Waals surface area contributed by atoms with Crippen molar-refractivity contribution < 1.29 is 9.18 Å². The largest absolute Gasteiger partial charge is 0.322 e. The molecule has 0 bridgehead atoms. The van der Waals surface area contributed by atoms with Crippen LogP contribution in [0.2, 0.25) is 0 Å². The second-order valence-electron chi connectivity index (χ2n) is 5.21. The van der Waals surface area contributed by atoms with Crippen LogP contribution in [0.1, 0.15) is 21.5 Å². The molecular weight excluding hydrogens is 295 g/mol. The van der Waals surface area contributed by atoms with Crippen LogP contribution in [0.4, 0.5) is 10.1 Å². The summed E-state index contributed by atoms with van der Waals surface area (Å²) in [4.78, 5) is 16.3. The predicted molar refractivity (Wildman–Crippen MR) is 84.7 cm³/mol. The maximum absolute atomic E-state index is 13.1. The molecule has 3 rings (SSSR count). The zero-order chi connectivity index (χ0) is 16.2. The van der Waals surface area contributed by atoms with Crippen molar-refractivity contribution in [2.45, 2.75) is 13.5 Å². The van der Waals surface area contributed by atoms with Crippen molar-refractivity contribution in [2.75, 3.05) is 5.32 Å². The summed E-state index contributed by atoms with van der Waals surface area (Å²) >= 11 is 0. The highest BCUT2D eigenvalue weighted by Gasteiger charge is 2.09. The third-order valence-corrected chi connectivity index (χ3v) is 3.44. The number of rotatable bonds is 4. The van der Waals surface area contributed by atoms with Gasteiger partial charge in [0.2, 0.25) is 0 Å². The summed E-state index contributed by atoms with van der Waals surface area (Å²) in [5.74, 6) is -0.560. The molecule has 1 amide bonds. The first-order chi connectivity index (χ1) is 11.1. The average Bonchev–Trinajstić information content (AvgIpc) is 3.03. The lowest BCUT2D eigenvalue weighted by Crippen LogP contribution is -2.13. The molecule has 0 atom stereocenters. The van der Waals surface area contributed by atoms with E-state index >= 15 is 0 Å². The van der Waals surface area contributed by atoms with E-state index in [1.807, 2.05) is 12.1 Å². The Labute approximate surface area is 132 Å². The summed E-state index contributed by atoms with van der Waals surface area (Å²) < 4.78 is 14.8. The van der Waals surface area contributed by atoms with Gasteiger partial charge in [-0.1, -0.05) is 12.1 Å². The number of amides is 1. The first-order valence-electron chi connectivity index (χ1n) is 7.11. The van der Waals surface area contributed by atoms with Gasteiger partial charge in [-0.05, 0) is 48.4 Å². The van der Waals surface area contributed by atoms with Gasteiger partial charge in [-0.25, -0.2) is 14.1 Å². The summed E-state index contributed by atoms with van der Waals surface area (Å²) in [6, 6.07) is 11.5. The van der Waals surface area contributed by atoms with Crippen LogP contribution >= 0.6 is 0 Å². The van der Waals surface area contributed by atoms with E-state index in [0.29, 0.717) is 23.4 Å². The summed E-state index contributed by atoms with van der Waals surface area (Å²) in [6.45, 7) is 2.29. The Morgan fingerprint density at radius 2 is 2.13 bits per heavy atom. The highest BCUT2D eigenvalue weighted by atomic mass is 19.1. The second-order valence-corrected chi connectivity index (χ2v) is 5.21. The van der Waals surface area contributed by atoms with E-state index in [-0.39, 0.29) is 11.7 Å². The first-order valence-corrected chi connectivity index (χ1v) is 7.11. The molecule has 0 spiro atoms. The van der Waals surface area contributed by atoms with Crippen LogP contribution in [0, 0.1) is 12.7 Å². The monoisotopic (exact) mass is 310 g/mol. The Bertz CT molecular complexity index is 830. The van der Waals surface area contributed by atoms with E-state index in [9.17, 15) is 9.18 Å². The van der Waals surface area contributed by atoms with E-state index in [1.54, 1.807) is 36.1 Å². The number of hydrogen-bond acceptors (Lipinski definition) is 3. The van der Waals surface area contributed by atoms with Crippen LogP contribution in [0.3, 0.4) is 0 Å². The fraction of sp³-hybridized carbons (Fsp3) is 0.118. The third-order valence-electron chi connectivity index (χ3n) is 3.44. The van der Waals surface area contributed by atoms with Gasteiger partial charge in [-0.15, -0.1) is 0 Å². The zero-order valence-electron chi connectivity index (χ0n) is 12.5. The van der Waals surface area contributed by atoms with Crippen LogP contribution < -0.4 is 5.32 Å². The van der Waals surface area contributed by atoms with Gasteiger partial charge in [-0.2, -0.15) is 5.10 Å². The molecule has 0 aliphatic carbocycles. The van der Waals surface area contributed by atoms with Crippen molar-refractivity contribution in [3.05, 3.63) is 77.6 Å². The van der Waals surface area contributed by atoms with Crippen molar-refractivity contribution in [2.24, 2.45) is 0 Å². The molecule has 0 unspecified atom stereocenters.